The van der Waals surface area contributed by atoms with Gasteiger partial charge >= 0.3 is 5.97 Å². The van der Waals surface area contributed by atoms with Gasteiger partial charge in [-0.05, 0) is 50.1 Å². The van der Waals surface area contributed by atoms with Crippen molar-refractivity contribution in [3.8, 4) is 11.8 Å². The molecule has 0 saturated carbocycles. The molecule has 0 aliphatic rings. The quantitative estimate of drug-likeness (QED) is 0.561. The van der Waals surface area contributed by atoms with Gasteiger partial charge in [0.2, 0.25) is 5.78 Å². The highest BCUT2D eigenvalue weighted by Gasteiger charge is 2.24. The van der Waals surface area contributed by atoms with E-state index < -0.39 is 18.2 Å². The van der Waals surface area contributed by atoms with Crippen LogP contribution < -0.4 is 4.74 Å². The van der Waals surface area contributed by atoms with E-state index >= 15 is 0 Å². The zero-order valence-corrected chi connectivity index (χ0v) is 15.1. The summed E-state index contributed by atoms with van der Waals surface area (Å²) in [5.41, 5.74) is 2.14. The van der Waals surface area contributed by atoms with Gasteiger partial charge in [-0.1, -0.05) is 31.2 Å². The summed E-state index contributed by atoms with van der Waals surface area (Å²) in [4.78, 5) is 24.5. The van der Waals surface area contributed by atoms with Gasteiger partial charge in [-0.25, -0.2) is 4.79 Å². The van der Waals surface area contributed by atoms with E-state index in [4.69, 9.17) is 14.7 Å². The van der Waals surface area contributed by atoms with Crippen LogP contribution in [0.4, 0.5) is 0 Å². The molecule has 0 amide bonds. The Morgan fingerprint density at radius 3 is 2.15 bits per heavy atom. The number of nitrogens with zero attached hydrogens (tertiary/aromatic N) is 1. The number of ketones is 1. The van der Waals surface area contributed by atoms with Gasteiger partial charge in [0.05, 0.1) is 11.6 Å². The first-order valence-electron chi connectivity index (χ1n) is 8.45. The zero-order valence-electron chi connectivity index (χ0n) is 15.1. The van der Waals surface area contributed by atoms with Crippen molar-refractivity contribution in [2.45, 2.75) is 39.4 Å². The van der Waals surface area contributed by atoms with Crippen molar-refractivity contribution in [2.75, 3.05) is 0 Å². The molecular formula is C21H21NO4. The van der Waals surface area contributed by atoms with Crippen LogP contribution in [0.15, 0.2) is 48.5 Å². The third kappa shape index (κ3) is 4.93. The van der Waals surface area contributed by atoms with Crippen LogP contribution in [0.5, 0.6) is 5.75 Å². The minimum Gasteiger partial charge on any atom is -0.479 e. The second-order valence-electron chi connectivity index (χ2n) is 5.89. The molecule has 0 heterocycles. The summed E-state index contributed by atoms with van der Waals surface area (Å²) in [7, 11) is 0. The van der Waals surface area contributed by atoms with Gasteiger partial charge < -0.3 is 9.47 Å². The number of carbonyl (C=O) groups is 2. The van der Waals surface area contributed by atoms with E-state index in [0.29, 0.717) is 16.9 Å². The highest BCUT2D eigenvalue weighted by atomic mass is 16.6. The molecule has 5 nitrogen and oxygen atoms in total. The van der Waals surface area contributed by atoms with Crippen LogP contribution in [-0.2, 0) is 16.0 Å². The molecule has 0 aromatic heterocycles. The molecule has 2 aromatic rings. The van der Waals surface area contributed by atoms with E-state index in [1.54, 1.807) is 50.2 Å². The molecule has 26 heavy (non-hydrogen) atoms. The van der Waals surface area contributed by atoms with Gasteiger partial charge in [-0.2, -0.15) is 5.26 Å². The highest BCUT2D eigenvalue weighted by Crippen LogP contribution is 2.15. The number of Topliss-reactive ketones (excluding diaryl/α,β-unsaturated/α-hetero) is 1. The van der Waals surface area contributed by atoms with Crippen LogP contribution in [0.1, 0.15) is 42.3 Å². The Labute approximate surface area is 153 Å². The fraction of sp³-hybridized carbons (Fsp3) is 0.286. The lowest BCUT2D eigenvalue weighted by Gasteiger charge is -2.17. The lowest BCUT2D eigenvalue weighted by atomic mass is 10.0. The van der Waals surface area contributed by atoms with Gasteiger partial charge in [0, 0.05) is 5.56 Å². The number of hydrogen-bond donors (Lipinski definition) is 0. The van der Waals surface area contributed by atoms with Crippen molar-refractivity contribution in [3.05, 3.63) is 65.2 Å². The van der Waals surface area contributed by atoms with E-state index in [1.165, 1.54) is 0 Å². The van der Waals surface area contributed by atoms with Gasteiger partial charge in [0.25, 0.3) is 0 Å². The van der Waals surface area contributed by atoms with Crippen molar-refractivity contribution < 1.29 is 19.1 Å². The summed E-state index contributed by atoms with van der Waals surface area (Å²) in [6.45, 7) is 5.13. The van der Waals surface area contributed by atoms with E-state index in [0.717, 1.165) is 12.0 Å². The van der Waals surface area contributed by atoms with Crippen LogP contribution in [0.25, 0.3) is 0 Å². The van der Waals surface area contributed by atoms with Gasteiger partial charge in [-0.3, -0.25) is 4.79 Å². The van der Waals surface area contributed by atoms with Gasteiger partial charge in [0.15, 0.2) is 12.2 Å². The number of ether oxygens (including phenoxy) is 2. The van der Waals surface area contributed by atoms with Crippen molar-refractivity contribution in [2.24, 2.45) is 0 Å². The molecule has 134 valence electrons. The van der Waals surface area contributed by atoms with Crippen molar-refractivity contribution in [3.63, 3.8) is 0 Å². The van der Waals surface area contributed by atoms with Crippen LogP contribution in [0.2, 0.25) is 0 Å². The number of rotatable bonds is 7. The van der Waals surface area contributed by atoms with Gasteiger partial charge in [-0.15, -0.1) is 0 Å². The standard InChI is InChI=1S/C21H21NO4/c1-4-16-5-9-18(10-6-16)20(23)14(2)26-21(24)15(3)25-19-11-7-17(13-22)8-12-19/h5-12,14-15H,4H2,1-3H3. The summed E-state index contributed by atoms with van der Waals surface area (Å²) in [6.07, 6.45) is -0.883. The molecular weight excluding hydrogens is 330 g/mol. The summed E-state index contributed by atoms with van der Waals surface area (Å²) in [5, 5.41) is 8.78. The van der Waals surface area contributed by atoms with E-state index in [2.05, 4.69) is 0 Å². The summed E-state index contributed by atoms with van der Waals surface area (Å²) in [5.74, 6) is -0.436. The number of benzene rings is 2. The molecule has 0 radical (unpaired) electrons. The molecule has 0 aliphatic heterocycles. The van der Waals surface area contributed by atoms with Gasteiger partial charge in [0.1, 0.15) is 5.75 Å². The normalized spacial score (nSPS) is 12.5. The second kappa shape index (κ2) is 8.82. The van der Waals surface area contributed by atoms with E-state index in [-0.39, 0.29) is 5.78 Å². The van der Waals surface area contributed by atoms with Crippen molar-refractivity contribution in [1.82, 2.24) is 0 Å². The Bertz CT molecular complexity index is 803. The number of aryl methyl sites for hydroxylation is 1. The van der Waals surface area contributed by atoms with Crippen LogP contribution in [0, 0.1) is 11.3 Å². The summed E-state index contributed by atoms with van der Waals surface area (Å²) >= 11 is 0. The van der Waals surface area contributed by atoms with Crippen LogP contribution >= 0.6 is 0 Å². The van der Waals surface area contributed by atoms with E-state index in [9.17, 15) is 9.59 Å². The first-order chi connectivity index (χ1) is 12.4. The Kier molecular flexibility index (Phi) is 6.51. The average Bonchev–Trinajstić information content (AvgIpc) is 2.67. The predicted octanol–water partition coefficient (Wildman–Crippen LogP) is 3.70. The summed E-state index contributed by atoms with van der Waals surface area (Å²) < 4.78 is 10.7. The number of nitriles is 1. The molecule has 0 aliphatic carbocycles. The molecule has 0 spiro atoms. The zero-order chi connectivity index (χ0) is 19.1. The Balaban J connectivity index is 1.93. The minimum absolute atomic E-state index is 0.258. The average molecular weight is 351 g/mol. The molecule has 0 fully saturated rings. The molecule has 2 atom stereocenters. The van der Waals surface area contributed by atoms with Crippen LogP contribution in [0.3, 0.4) is 0 Å². The number of hydrogen-bond acceptors (Lipinski definition) is 5. The third-order valence-corrected chi connectivity index (χ3v) is 3.94. The molecule has 2 unspecified atom stereocenters. The fourth-order valence-corrected chi connectivity index (χ4v) is 2.32. The minimum atomic E-state index is -0.901. The molecule has 0 saturated heterocycles. The Morgan fingerprint density at radius 2 is 1.62 bits per heavy atom. The number of esters is 1. The smallest absolute Gasteiger partial charge is 0.347 e. The van der Waals surface area contributed by atoms with E-state index in [1.807, 2.05) is 25.1 Å². The number of carbonyl (C=O) groups excluding carboxylic acids is 2. The van der Waals surface area contributed by atoms with Crippen molar-refractivity contribution >= 4 is 11.8 Å². The maximum Gasteiger partial charge on any atom is 0.347 e. The monoisotopic (exact) mass is 351 g/mol. The maximum absolute atomic E-state index is 12.4. The van der Waals surface area contributed by atoms with Crippen molar-refractivity contribution in [1.29, 1.82) is 5.26 Å². The lowest BCUT2D eigenvalue weighted by molar-refractivity contribution is -0.153. The largest absolute Gasteiger partial charge is 0.479 e. The fourth-order valence-electron chi connectivity index (χ4n) is 2.32. The second-order valence-corrected chi connectivity index (χ2v) is 5.89. The molecule has 2 aromatic carbocycles. The lowest BCUT2D eigenvalue weighted by Crippen LogP contribution is -2.32. The molecule has 5 heteroatoms. The Morgan fingerprint density at radius 1 is 1.00 bits per heavy atom. The highest BCUT2D eigenvalue weighted by molar-refractivity contribution is 6.00. The topological polar surface area (TPSA) is 76.4 Å². The molecule has 2 rings (SSSR count). The SMILES string of the molecule is CCc1ccc(C(=O)C(C)OC(=O)C(C)Oc2ccc(C#N)cc2)cc1. The first kappa shape index (κ1) is 19.2. The summed E-state index contributed by atoms with van der Waals surface area (Å²) in [6, 6.07) is 15.7. The first-order valence-corrected chi connectivity index (χ1v) is 8.45. The molecule has 0 bridgehead atoms. The molecule has 0 N–H and O–H groups in total. The Hall–Kier alpha value is -3.13. The van der Waals surface area contributed by atoms with Crippen LogP contribution in [-0.4, -0.2) is 24.0 Å². The maximum atomic E-state index is 12.4. The third-order valence-electron chi connectivity index (χ3n) is 3.94. The predicted molar refractivity (Wildman–Crippen MR) is 97.0 cm³/mol.